The van der Waals surface area contributed by atoms with Gasteiger partial charge < -0.3 is 25.5 Å². The van der Waals surface area contributed by atoms with Crippen molar-refractivity contribution >= 4 is 49.5 Å². The number of aliphatic imine (C=N–C) groups is 2. The number of ether oxygens (including phenoxy) is 1. The Bertz CT molecular complexity index is 982. The lowest BCUT2D eigenvalue weighted by atomic mass is 9.91. The van der Waals surface area contributed by atoms with Crippen molar-refractivity contribution in [1.82, 2.24) is 4.90 Å². The third kappa shape index (κ3) is 13.3. The van der Waals surface area contributed by atoms with Crippen LogP contribution in [0.5, 0.6) is 0 Å². The lowest BCUT2D eigenvalue weighted by molar-refractivity contribution is -0.122. The van der Waals surface area contributed by atoms with Crippen LogP contribution in [0.1, 0.15) is 31.4 Å². The molecule has 0 radical (unpaired) electrons. The van der Waals surface area contributed by atoms with E-state index in [1.54, 1.807) is 12.3 Å². The summed E-state index contributed by atoms with van der Waals surface area (Å²) >= 11 is 10.4. The number of aliphatic hydroxyl groups is 1. The minimum absolute atomic E-state index is 0.0240. The highest BCUT2D eigenvalue weighted by Crippen LogP contribution is 2.35. The van der Waals surface area contributed by atoms with E-state index in [1.807, 2.05) is 11.8 Å². The predicted octanol–water partition coefficient (Wildman–Crippen LogP) is 3.87. The maximum absolute atomic E-state index is 14.8. The number of carbonyl (C=O) groups is 2. The van der Waals surface area contributed by atoms with Gasteiger partial charge in [0.25, 0.3) is 6.47 Å². The number of hydrogen-bond donors (Lipinski definition) is 4. The molecule has 0 amide bonds. The summed E-state index contributed by atoms with van der Waals surface area (Å²) in [6, 6.07) is 3.62. The Morgan fingerprint density at radius 3 is 2.62 bits per heavy atom. The number of thiol groups is 1. The van der Waals surface area contributed by atoms with Gasteiger partial charge in [-0.25, -0.2) is 8.78 Å². The summed E-state index contributed by atoms with van der Waals surface area (Å²) in [5.74, 6) is -0.691. The van der Waals surface area contributed by atoms with E-state index in [0.717, 1.165) is 18.3 Å². The van der Waals surface area contributed by atoms with Crippen molar-refractivity contribution in [3.05, 3.63) is 57.4 Å². The first-order valence-electron chi connectivity index (χ1n) is 12.0. The van der Waals surface area contributed by atoms with Gasteiger partial charge in [-0.15, -0.1) is 12.6 Å². The van der Waals surface area contributed by atoms with Crippen molar-refractivity contribution in [1.29, 1.82) is 0 Å². The standard InChI is InChI=1S/C24H31ClF2N4O2S.CH2O2.CH4O/c1-2-20(24(30-16-28)21-4-3-19(26)11-22(21)25)18(12-29-6-10-34)13-31-7-5-17(23(27)14-31)15-33-9-8-32;2-1-3;1-2/h3-4,6,8,10-12,16-17,23-24,34H,2,5,7,9,13-15H2,1H3,(H2,28,30);1H,(H,2,3);2H,1H3/b10-6-,20-18+,29-12+;;/t17?,23?,24-;;/m1../s1. The molecule has 3 atom stereocenters. The van der Waals surface area contributed by atoms with Crippen molar-refractivity contribution in [3.8, 4) is 0 Å². The van der Waals surface area contributed by atoms with E-state index in [0.29, 0.717) is 37.8 Å². The lowest BCUT2D eigenvalue weighted by Crippen LogP contribution is -2.44. The second kappa shape index (κ2) is 22.2. The maximum Gasteiger partial charge on any atom is 0.290 e. The molecule has 1 aromatic carbocycles. The minimum Gasteiger partial charge on any atom is -0.483 e. The molecule has 2 rings (SSSR count). The van der Waals surface area contributed by atoms with Crippen molar-refractivity contribution in [2.24, 2.45) is 21.6 Å². The zero-order chi connectivity index (χ0) is 29.6. The molecule has 1 aliphatic rings. The zero-order valence-corrected chi connectivity index (χ0v) is 23.6. The van der Waals surface area contributed by atoms with Gasteiger partial charge in [0.15, 0.2) is 0 Å². The van der Waals surface area contributed by atoms with Gasteiger partial charge in [0.05, 0.1) is 19.0 Å². The lowest BCUT2D eigenvalue weighted by Gasteiger charge is -2.35. The first kappa shape index (κ1) is 36.4. The van der Waals surface area contributed by atoms with E-state index in [9.17, 15) is 13.6 Å². The molecule has 2 unspecified atom stereocenters. The van der Waals surface area contributed by atoms with Gasteiger partial charge >= 0.3 is 0 Å². The molecule has 0 spiro atoms. The number of likely N-dealkylation sites (tertiary alicyclic amines) is 1. The normalized spacial score (nSPS) is 19.2. The topological polar surface area (TPSA) is 138 Å². The molecule has 1 fully saturated rings. The van der Waals surface area contributed by atoms with Crippen LogP contribution in [0.25, 0.3) is 0 Å². The number of nitrogens with zero attached hydrogens (tertiary/aromatic N) is 3. The third-order valence-corrected chi connectivity index (χ3v) is 6.13. The van der Waals surface area contributed by atoms with E-state index in [1.165, 1.54) is 30.1 Å². The van der Waals surface area contributed by atoms with E-state index in [4.69, 9.17) is 37.1 Å². The van der Waals surface area contributed by atoms with E-state index in [-0.39, 0.29) is 37.2 Å². The van der Waals surface area contributed by atoms with Crippen molar-refractivity contribution in [2.45, 2.75) is 32.0 Å². The number of nitrogens with two attached hydrogens (primary N) is 1. The SMILES string of the molecule is CC/C(=C(/C=N/C=C\S)CN1CCC(COCC=O)C(F)C1)[C@@H](N=CN)c1ccc(F)cc1Cl.CO.O=CO. The largest absolute Gasteiger partial charge is 0.483 e. The predicted molar refractivity (Wildman–Crippen MR) is 154 cm³/mol. The molecule has 0 bridgehead atoms. The molecule has 0 aromatic heterocycles. The van der Waals surface area contributed by atoms with Crippen LogP contribution in [-0.4, -0.2) is 86.6 Å². The van der Waals surface area contributed by atoms with Gasteiger partial charge in [-0.2, -0.15) is 0 Å². The van der Waals surface area contributed by atoms with Gasteiger partial charge in [-0.05, 0) is 53.6 Å². The van der Waals surface area contributed by atoms with Gasteiger partial charge in [0.2, 0.25) is 0 Å². The first-order chi connectivity index (χ1) is 18.9. The van der Waals surface area contributed by atoms with Gasteiger partial charge in [0, 0.05) is 43.6 Å². The number of benzene rings is 1. The summed E-state index contributed by atoms with van der Waals surface area (Å²) in [4.78, 5) is 29.5. The molecule has 13 heteroatoms. The average Bonchev–Trinajstić information content (AvgIpc) is 2.92. The smallest absolute Gasteiger partial charge is 0.290 e. The quantitative estimate of drug-likeness (QED) is 0.0953. The van der Waals surface area contributed by atoms with Crippen molar-refractivity contribution < 1.29 is 33.3 Å². The Kier molecular flexibility index (Phi) is 20.7. The highest BCUT2D eigenvalue weighted by Gasteiger charge is 2.30. The Morgan fingerprint density at radius 1 is 1.38 bits per heavy atom. The second-order valence-corrected chi connectivity index (χ2v) is 8.66. The van der Waals surface area contributed by atoms with E-state index >= 15 is 0 Å². The molecular weight excluding hydrogens is 554 g/mol. The molecule has 1 saturated heterocycles. The maximum atomic E-state index is 14.8. The van der Waals surface area contributed by atoms with Crippen LogP contribution in [0, 0.1) is 11.7 Å². The average molecular weight is 591 g/mol. The van der Waals surface area contributed by atoms with Crippen LogP contribution < -0.4 is 5.73 Å². The summed E-state index contributed by atoms with van der Waals surface area (Å²) in [6.07, 6.45) is 5.23. The fourth-order valence-electron chi connectivity index (χ4n) is 4.02. The van der Waals surface area contributed by atoms with Crippen LogP contribution in [0.3, 0.4) is 0 Å². The number of carboxylic acid groups (broad SMARTS) is 1. The molecule has 1 heterocycles. The van der Waals surface area contributed by atoms with Crippen LogP contribution in [-0.2, 0) is 14.3 Å². The molecule has 0 aliphatic carbocycles. The third-order valence-electron chi connectivity index (χ3n) is 5.67. The summed E-state index contributed by atoms with van der Waals surface area (Å²) in [6.45, 7) is 3.25. The van der Waals surface area contributed by atoms with Crippen molar-refractivity contribution in [2.75, 3.05) is 40.0 Å². The summed E-state index contributed by atoms with van der Waals surface area (Å²) in [5, 5.41) is 15.6. The summed E-state index contributed by atoms with van der Waals surface area (Å²) < 4.78 is 33.7. The molecular formula is C26H37ClF2N4O5S. The number of aldehydes is 1. The van der Waals surface area contributed by atoms with E-state index in [2.05, 4.69) is 22.6 Å². The number of alkyl halides is 1. The number of carbonyl (C=O) groups excluding carboxylic acids is 1. The highest BCUT2D eigenvalue weighted by molar-refractivity contribution is 7.83. The molecule has 1 aromatic rings. The molecule has 1 aliphatic heterocycles. The number of piperidine rings is 1. The molecule has 0 saturated carbocycles. The Balaban J connectivity index is 0.00000269. The Hall–Kier alpha value is -2.64. The van der Waals surface area contributed by atoms with Gasteiger partial charge in [-0.1, -0.05) is 24.6 Å². The van der Waals surface area contributed by atoms with E-state index < -0.39 is 18.0 Å². The van der Waals surface area contributed by atoms with Gasteiger partial charge in [0.1, 0.15) is 24.9 Å². The first-order valence-corrected chi connectivity index (χ1v) is 12.9. The fourth-order valence-corrected chi connectivity index (χ4v) is 4.36. The second-order valence-electron chi connectivity index (χ2n) is 7.96. The van der Waals surface area contributed by atoms with Crippen LogP contribution in [0.15, 0.2) is 50.9 Å². The number of halogens is 3. The van der Waals surface area contributed by atoms with Crippen LogP contribution in [0.2, 0.25) is 5.02 Å². The molecule has 39 heavy (non-hydrogen) atoms. The molecule has 9 nitrogen and oxygen atoms in total. The van der Waals surface area contributed by atoms with Crippen molar-refractivity contribution in [3.63, 3.8) is 0 Å². The Labute approximate surface area is 238 Å². The molecule has 4 N–H and O–H groups in total. The number of aliphatic hydroxyl groups excluding tert-OH is 1. The highest BCUT2D eigenvalue weighted by atomic mass is 35.5. The Morgan fingerprint density at radius 2 is 2.08 bits per heavy atom. The zero-order valence-electron chi connectivity index (χ0n) is 22.0. The number of rotatable bonds is 12. The minimum atomic E-state index is -1.08. The molecule has 218 valence electrons. The van der Waals surface area contributed by atoms with Crippen LogP contribution >= 0.6 is 24.2 Å². The van der Waals surface area contributed by atoms with Gasteiger partial charge in [-0.3, -0.25) is 19.7 Å². The number of hydrogen-bond acceptors (Lipinski definition) is 8. The summed E-state index contributed by atoms with van der Waals surface area (Å²) in [5.41, 5.74) is 7.99. The summed E-state index contributed by atoms with van der Waals surface area (Å²) in [7, 11) is 1.00. The monoisotopic (exact) mass is 590 g/mol. The van der Waals surface area contributed by atoms with Crippen LogP contribution in [0.4, 0.5) is 8.78 Å². The fraction of sp³-hybridized carbons (Fsp3) is 0.462.